The van der Waals surface area contributed by atoms with Gasteiger partial charge in [0.15, 0.2) is 5.76 Å². The summed E-state index contributed by atoms with van der Waals surface area (Å²) in [5.74, 6) is 1.25. The Balaban J connectivity index is 1.60. The number of rotatable bonds is 4. The molecule has 0 unspecified atom stereocenters. The van der Waals surface area contributed by atoms with Gasteiger partial charge in [-0.05, 0) is 50.6 Å². The van der Waals surface area contributed by atoms with Crippen LogP contribution in [0.4, 0.5) is 0 Å². The molecule has 138 valence electrons. The van der Waals surface area contributed by atoms with Gasteiger partial charge in [-0.15, -0.1) is 5.10 Å². The first-order chi connectivity index (χ1) is 13.2. The number of thiazole rings is 1. The van der Waals surface area contributed by atoms with E-state index in [2.05, 4.69) is 46.2 Å². The maximum atomic E-state index is 11.0. The van der Waals surface area contributed by atoms with Crippen molar-refractivity contribution in [3.63, 3.8) is 0 Å². The third kappa shape index (κ3) is 2.83. The molecular weight excluding hydrogens is 360 g/mol. The molecule has 27 heavy (non-hydrogen) atoms. The van der Waals surface area contributed by atoms with Crippen LogP contribution in [-0.2, 0) is 0 Å². The highest BCUT2D eigenvalue weighted by Crippen LogP contribution is 2.41. The Labute approximate surface area is 160 Å². The third-order valence-corrected chi connectivity index (χ3v) is 6.16. The molecule has 3 aromatic heterocycles. The van der Waals surface area contributed by atoms with E-state index in [4.69, 9.17) is 4.42 Å². The number of aryl methyl sites for hydroxylation is 1. The van der Waals surface area contributed by atoms with E-state index in [1.807, 2.05) is 6.07 Å². The van der Waals surface area contributed by atoms with Crippen molar-refractivity contribution in [1.82, 2.24) is 19.5 Å². The van der Waals surface area contributed by atoms with Gasteiger partial charge >= 0.3 is 0 Å². The fraction of sp³-hybridized carbons (Fsp3) is 0.300. The SMILES string of the molecule is Cc1ccc([C@@H](c2sc3nc(-c4ccco4)nn3c2O)N2CCCC2)cc1. The summed E-state index contributed by atoms with van der Waals surface area (Å²) < 4.78 is 6.90. The number of aromatic nitrogens is 3. The summed E-state index contributed by atoms with van der Waals surface area (Å²) in [6.07, 6.45) is 3.97. The van der Waals surface area contributed by atoms with E-state index in [1.54, 1.807) is 12.3 Å². The molecule has 4 aromatic rings. The zero-order chi connectivity index (χ0) is 18.4. The van der Waals surface area contributed by atoms with Crippen molar-refractivity contribution in [2.45, 2.75) is 25.8 Å². The average molecular weight is 380 g/mol. The van der Waals surface area contributed by atoms with Crippen LogP contribution >= 0.6 is 11.3 Å². The highest BCUT2D eigenvalue weighted by Gasteiger charge is 2.31. The van der Waals surface area contributed by atoms with Crippen LogP contribution < -0.4 is 0 Å². The summed E-state index contributed by atoms with van der Waals surface area (Å²) in [5, 5.41) is 15.4. The number of nitrogens with zero attached hydrogens (tertiary/aromatic N) is 4. The van der Waals surface area contributed by atoms with Crippen molar-refractivity contribution in [1.29, 1.82) is 0 Å². The van der Waals surface area contributed by atoms with E-state index in [1.165, 1.54) is 39.8 Å². The monoisotopic (exact) mass is 380 g/mol. The Morgan fingerprint density at radius 2 is 1.93 bits per heavy atom. The summed E-state index contributed by atoms with van der Waals surface area (Å²) in [4.78, 5) is 8.55. The number of benzene rings is 1. The molecule has 1 saturated heterocycles. The van der Waals surface area contributed by atoms with E-state index in [0.29, 0.717) is 16.5 Å². The van der Waals surface area contributed by atoms with Crippen LogP contribution in [0.25, 0.3) is 16.5 Å². The topological polar surface area (TPSA) is 66.8 Å². The fourth-order valence-corrected chi connectivity index (χ4v) is 4.83. The van der Waals surface area contributed by atoms with Gasteiger partial charge < -0.3 is 9.52 Å². The second kappa shape index (κ2) is 6.51. The predicted molar refractivity (Wildman–Crippen MR) is 104 cm³/mol. The normalized spacial score (nSPS) is 16.3. The predicted octanol–water partition coefficient (Wildman–Crippen LogP) is 4.25. The van der Waals surface area contributed by atoms with Crippen molar-refractivity contribution >= 4 is 16.3 Å². The van der Waals surface area contributed by atoms with Gasteiger partial charge in [-0.2, -0.15) is 9.50 Å². The molecule has 1 N–H and O–H groups in total. The molecule has 0 saturated carbocycles. The van der Waals surface area contributed by atoms with Crippen molar-refractivity contribution < 1.29 is 9.52 Å². The van der Waals surface area contributed by atoms with Crippen molar-refractivity contribution in [3.05, 3.63) is 58.7 Å². The van der Waals surface area contributed by atoms with Crippen molar-refractivity contribution in [3.8, 4) is 17.5 Å². The lowest BCUT2D eigenvalue weighted by atomic mass is 10.0. The van der Waals surface area contributed by atoms with Crippen molar-refractivity contribution in [2.75, 3.05) is 13.1 Å². The molecule has 6 nitrogen and oxygen atoms in total. The van der Waals surface area contributed by atoms with E-state index < -0.39 is 0 Å². The molecule has 0 bridgehead atoms. The van der Waals surface area contributed by atoms with Gasteiger partial charge in [0.25, 0.3) is 0 Å². The molecule has 4 heterocycles. The van der Waals surface area contributed by atoms with E-state index in [-0.39, 0.29) is 11.9 Å². The zero-order valence-electron chi connectivity index (χ0n) is 15.0. The standard InChI is InChI=1S/C20H20N4O2S/c1-13-6-8-14(9-7-13)16(23-10-2-3-11-23)17-19(25)24-20(27-17)21-18(22-24)15-5-4-12-26-15/h4-9,12,16,25H,2-3,10-11H2,1H3/t16-/m0/s1. The van der Waals surface area contributed by atoms with Crippen molar-refractivity contribution in [2.24, 2.45) is 0 Å². The molecule has 1 aliphatic heterocycles. The van der Waals surface area contributed by atoms with Crippen LogP contribution in [0, 0.1) is 6.92 Å². The van der Waals surface area contributed by atoms with Gasteiger partial charge in [0, 0.05) is 0 Å². The summed E-state index contributed by atoms with van der Waals surface area (Å²) >= 11 is 1.49. The van der Waals surface area contributed by atoms with Gasteiger partial charge in [0.1, 0.15) is 0 Å². The molecule has 7 heteroatoms. The first kappa shape index (κ1) is 16.5. The quantitative estimate of drug-likeness (QED) is 0.573. The lowest BCUT2D eigenvalue weighted by Crippen LogP contribution is -2.26. The summed E-state index contributed by atoms with van der Waals surface area (Å²) in [5.41, 5.74) is 2.42. The van der Waals surface area contributed by atoms with E-state index in [0.717, 1.165) is 18.0 Å². The first-order valence-corrected chi connectivity index (χ1v) is 9.95. The molecule has 0 radical (unpaired) electrons. The van der Waals surface area contributed by atoms with Crippen LogP contribution in [0.15, 0.2) is 47.1 Å². The molecule has 0 spiro atoms. The number of aromatic hydroxyl groups is 1. The van der Waals surface area contributed by atoms with Gasteiger partial charge in [0.2, 0.25) is 16.7 Å². The number of hydrogen-bond acceptors (Lipinski definition) is 6. The van der Waals surface area contributed by atoms with Crippen LogP contribution in [0.2, 0.25) is 0 Å². The Morgan fingerprint density at radius 1 is 1.15 bits per heavy atom. The summed E-state index contributed by atoms with van der Waals surface area (Å²) in [6, 6.07) is 12.2. The molecule has 1 fully saturated rings. The maximum Gasteiger partial charge on any atom is 0.230 e. The Bertz CT molecular complexity index is 1060. The second-order valence-electron chi connectivity index (χ2n) is 6.95. The molecule has 0 amide bonds. The molecule has 5 rings (SSSR count). The molecule has 1 atom stereocenters. The maximum absolute atomic E-state index is 11.0. The van der Waals surface area contributed by atoms with Crippen LogP contribution in [-0.4, -0.2) is 37.7 Å². The van der Waals surface area contributed by atoms with E-state index >= 15 is 0 Å². The number of furan rings is 1. The zero-order valence-corrected chi connectivity index (χ0v) is 15.8. The highest BCUT2D eigenvalue weighted by molar-refractivity contribution is 7.17. The molecule has 1 aromatic carbocycles. The fourth-order valence-electron chi connectivity index (χ4n) is 3.72. The number of fused-ring (bicyclic) bond motifs is 1. The largest absolute Gasteiger partial charge is 0.492 e. The minimum atomic E-state index is 0.0219. The Morgan fingerprint density at radius 3 is 2.59 bits per heavy atom. The Kier molecular flexibility index (Phi) is 3.98. The smallest absolute Gasteiger partial charge is 0.230 e. The van der Waals surface area contributed by atoms with Crippen LogP contribution in [0.1, 0.15) is 34.9 Å². The minimum absolute atomic E-state index is 0.0219. The lowest BCUT2D eigenvalue weighted by Gasteiger charge is -2.27. The molecule has 1 aliphatic rings. The molecule has 0 aliphatic carbocycles. The van der Waals surface area contributed by atoms with Gasteiger partial charge in [-0.1, -0.05) is 41.2 Å². The average Bonchev–Trinajstić information content (AvgIpc) is 3.44. The Hall–Kier alpha value is -2.64. The van der Waals surface area contributed by atoms with Crippen LogP contribution in [0.3, 0.4) is 0 Å². The lowest BCUT2D eigenvalue weighted by molar-refractivity contribution is 0.277. The first-order valence-electron chi connectivity index (χ1n) is 9.13. The van der Waals surface area contributed by atoms with E-state index in [9.17, 15) is 5.11 Å². The third-order valence-electron chi connectivity index (χ3n) is 5.09. The van der Waals surface area contributed by atoms with Gasteiger partial charge in [-0.3, -0.25) is 4.90 Å². The molecular formula is C20H20N4O2S. The van der Waals surface area contributed by atoms with Crippen LogP contribution in [0.5, 0.6) is 5.88 Å². The number of likely N-dealkylation sites (tertiary alicyclic amines) is 1. The second-order valence-corrected chi connectivity index (χ2v) is 7.96. The summed E-state index contributed by atoms with van der Waals surface area (Å²) in [7, 11) is 0. The summed E-state index contributed by atoms with van der Waals surface area (Å²) in [6.45, 7) is 4.15. The van der Waals surface area contributed by atoms with Gasteiger partial charge in [-0.25, -0.2) is 0 Å². The minimum Gasteiger partial charge on any atom is -0.492 e. The number of hydrogen-bond donors (Lipinski definition) is 1. The van der Waals surface area contributed by atoms with Gasteiger partial charge in [0.05, 0.1) is 17.2 Å². The highest BCUT2D eigenvalue weighted by atomic mass is 32.1.